The number of carbonyl (C=O) groups excluding carboxylic acids is 1. The van der Waals surface area contributed by atoms with E-state index in [0.717, 1.165) is 37.6 Å². The van der Waals surface area contributed by atoms with Gasteiger partial charge in [-0.2, -0.15) is 0 Å². The Balaban J connectivity index is 1.76. The van der Waals surface area contributed by atoms with E-state index < -0.39 is 7.12 Å². The Bertz CT molecular complexity index is 790. The molecule has 3 N–H and O–H groups in total. The Morgan fingerprint density at radius 3 is 2.33 bits per heavy atom. The molecule has 0 spiro atoms. The van der Waals surface area contributed by atoms with Crippen molar-refractivity contribution in [3.8, 4) is 5.75 Å². The van der Waals surface area contributed by atoms with Crippen LogP contribution in [-0.4, -0.2) is 68.3 Å². The van der Waals surface area contributed by atoms with Crippen molar-refractivity contribution in [2.75, 3.05) is 50.6 Å². The zero-order valence-corrected chi connectivity index (χ0v) is 15.6. The summed E-state index contributed by atoms with van der Waals surface area (Å²) < 4.78 is 5.49. The molecule has 1 amide bonds. The predicted molar refractivity (Wildman–Crippen MR) is 107 cm³/mol. The second kappa shape index (κ2) is 8.43. The molecule has 1 heterocycles. The molecule has 8 heteroatoms. The van der Waals surface area contributed by atoms with Gasteiger partial charge in [0.2, 0.25) is 0 Å². The molecule has 27 heavy (non-hydrogen) atoms. The molecule has 1 saturated heterocycles. The van der Waals surface area contributed by atoms with Crippen LogP contribution in [0.25, 0.3) is 0 Å². The van der Waals surface area contributed by atoms with Gasteiger partial charge in [0.25, 0.3) is 5.91 Å². The van der Waals surface area contributed by atoms with Crippen LogP contribution >= 0.6 is 0 Å². The van der Waals surface area contributed by atoms with Crippen molar-refractivity contribution in [3.05, 3.63) is 48.0 Å². The van der Waals surface area contributed by atoms with Crippen molar-refractivity contribution in [2.45, 2.75) is 0 Å². The maximum absolute atomic E-state index is 12.5. The second-order valence-electron chi connectivity index (χ2n) is 6.63. The van der Waals surface area contributed by atoms with Gasteiger partial charge < -0.3 is 29.9 Å². The van der Waals surface area contributed by atoms with Crippen LogP contribution in [0.15, 0.2) is 42.5 Å². The van der Waals surface area contributed by atoms with E-state index in [0.29, 0.717) is 16.7 Å². The van der Waals surface area contributed by atoms with Gasteiger partial charge >= 0.3 is 7.12 Å². The van der Waals surface area contributed by atoms with E-state index in [4.69, 9.17) is 14.8 Å². The van der Waals surface area contributed by atoms with E-state index in [1.165, 1.54) is 12.1 Å². The Labute approximate surface area is 159 Å². The highest BCUT2D eigenvalue weighted by atomic mass is 16.5. The number of rotatable bonds is 5. The highest BCUT2D eigenvalue weighted by molar-refractivity contribution is 6.58. The number of carbonyl (C=O) groups is 1. The Morgan fingerprint density at radius 2 is 1.74 bits per heavy atom. The normalized spacial score (nSPS) is 14.7. The van der Waals surface area contributed by atoms with Crippen molar-refractivity contribution >= 4 is 29.9 Å². The first-order valence-electron chi connectivity index (χ1n) is 8.87. The number of anilines is 2. The van der Waals surface area contributed by atoms with Crippen molar-refractivity contribution in [3.63, 3.8) is 0 Å². The first kappa shape index (κ1) is 19.2. The van der Waals surface area contributed by atoms with Gasteiger partial charge in [0.1, 0.15) is 5.75 Å². The molecule has 2 aromatic carbocycles. The Morgan fingerprint density at radius 1 is 1.07 bits per heavy atom. The molecule has 0 radical (unpaired) electrons. The minimum absolute atomic E-state index is 0.261. The molecule has 0 unspecified atom stereocenters. The SMILES string of the molecule is COc1ccc(NC(=O)c2ccc(B(O)O)cc2)cc1N1CCN(C)CC1. The fourth-order valence-electron chi connectivity index (χ4n) is 3.07. The summed E-state index contributed by atoms with van der Waals surface area (Å²) in [7, 11) is 2.20. The molecule has 1 aliphatic heterocycles. The van der Waals surface area contributed by atoms with Crippen molar-refractivity contribution < 1.29 is 19.6 Å². The van der Waals surface area contributed by atoms with Gasteiger partial charge in [-0.15, -0.1) is 0 Å². The lowest BCUT2D eigenvalue weighted by Crippen LogP contribution is -2.44. The fraction of sp³-hybridized carbons (Fsp3) is 0.316. The van der Waals surface area contributed by atoms with E-state index in [-0.39, 0.29) is 5.91 Å². The summed E-state index contributed by atoms with van der Waals surface area (Å²) in [5.74, 6) is 0.516. The molecule has 3 rings (SSSR count). The highest BCUT2D eigenvalue weighted by Crippen LogP contribution is 2.32. The van der Waals surface area contributed by atoms with Crippen LogP contribution in [0, 0.1) is 0 Å². The number of likely N-dealkylation sites (N-methyl/N-ethyl adjacent to an activating group) is 1. The molecule has 1 fully saturated rings. The van der Waals surface area contributed by atoms with Gasteiger partial charge in [0.15, 0.2) is 0 Å². The Kier molecular flexibility index (Phi) is 6.00. The summed E-state index contributed by atoms with van der Waals surface area (Å²) in [6, 6.07) is 11.8. The summed E-state index contributed by atoms with van der Waals surface area (Å²) in [6.45, 7) is 3.75. The fourth-order valence-corrected chi connectivity index (χ4v) is 3.07. The second-order valence-corrected chi connectivity index (χ2v) is 6.63. The molecule has 0 atom stereocenters. The third-order valence-corrected chi connectivity index (χ3v) is 4.75. The summed E-state index contributed by atoms with van der Waals surface area (Å²) in [6.07, 6.45) is 0. The lowest BCUT2D eigenvalue weighted by molar-refractivity contribution is 0.102. The van der Waals surface area contributed by atoms with Crippen molar-refractivity contribution in [2.24, 2.45) is 0 Å². The van der Waals surface area contributed by atoms with Crippen molar-refractivity contribution in [1.29, 1.82) is 0 Å². The van der Waals surface area contributed by atoms with E-state index >= 15 is 0 Å². The van der Waals surface area contributed by atoms with Gasteiger partial charge in [-0.05, 0) is 42.8 Å². The standard InChI is InChI=1S/C19H24BN3O4/c1-22-9-11-23(12-10-22)17-13-16(7-8-18(17)27-2)21-19(24)14-3-5-15(6-4-14)20(25)26/h3-8,13,25-26H,9-12H2,1-2H3,(H,21,24). The number of benzene rings is 2. The quantitative estimate of drug-likeness (QED) is 0.661. The molecule has 0 aromatic heterocycles. The highest BCUT2D eigenvalue weighted by Gasteiger charge is 2.19. The lowest BCUT2D eigenvalue weighted by Gasteiger charge is -2.34. The number of nitrogens with one attached hydrogen (secondary N) is 1. The monoisotopic (exact) mass is 369 g/mol. The van der Waals surface area contributed by atoms with Gasteiger partial charge in [-0.1, -0.05) is 12.1 Å². The van der Waals surface area contributed by atoms with Crippen molar-refractivity contribution in [1.82, 2.24) is 4.90 Å². The van der Waals surface area contributed by atoms with Gasteiger partial charge in [-0.3, -0.25) is 4.79 Å². The molecule has 2 aromatic rings. The minimum atomic E-state index is -1.55. The molecule has 0 aliphatic carbocycles. The molecular formula is C19H24BN3O4. The average molecular weight is 369 g/mol. The lowest BCUT2D eigenvalue weighted by atomic mass is 9.80. The third kappa shape index (κ3) is 4.60. The smallest absolute Gasteiger partial charge is 0.488 e. The van der Waals surface area contributed by atoms with Gasteiger partial charge in [0.05, 0.1) is 12.8 Å². The van der Waals surface area contributed by atoms with E-state index in [9.17, 15) is 4.79 Å². The van der Waals surface area contributed by atoms with Gasteiger partial charge in [-0.25, -0.2) is 0 Å². The number of hydrogen-bond acceptors (Lipinski definition) is 6. The maximum Gasteiger partial charge on any atom is 0.488 e. The predicted octanol–water partition coefficient (Wildman–Crippen LogP) is 0.379. The first-order valence-corrected chi connectivity index (χ1v) is 8.87. The average Bonchev–Trinajstić information content (AvgIpc) is 2.68. The maximum atomic E-state index is 12.5. The van der Waals surface area contributed by atoms with E-state index in [1.807, 2.05) is 18.2 Å². The number of amides is 1. The van der Waals surface area contributed by atoms with E-state index in [1.54, 1.807) is 19.2 Å². The number of ether oxygens (including phenoxy) is 1. The summed E-state index contributed by atoms with van der Waals surface area (Å²) in [4.78, 5) is 17.0. The Hall–Kier alpha value is -2.55. The van der Waals surface area contributed by atoms with E-state index in [2.05, 4.69) is 22.2 Å². The summed E-state index contributed by atoms with van der Waals surface area (Å²) in [5, 5.41) is 21.2. The number of piperazine rings is 1. The molecule has 0 saturated carbocycles. The molecular weight excluding hydrogens is 345 g/mol. The van der Waals surface area contributed by atoms with Crippen LogP contribution in [0.3, 0.4) is 0 Å². The number of nitrogens with zero attached hydrogens (tertiary/aromatic N) is 2. The van der Waals surface area contributed by atoms with Crippen LogP contribution in [-0.2, 0) is 0 Å². The molecule has 7 nitrogen and oxygen atoms in total. The summed E-state index contributed by atoms with van der Waals surface area (Å²) >= 11 is 0. The van der Waals surface area contributed by atoms with Gasteiger partial charge in [0, 0.05) is 37.4 Å². The molecule has 1 aliphatic rings. The number of methoxy groups -OCH3 is 1. The van der Waals surface area contributed by atoms with Crippen LogP contribution < -0.4 is 20.4 Å². The number of hydrogen-bond donors (Lipinski definition) is 3. The van der Waals surface area contributed by atoms with Crippen LogP contribution in [0.4, 0.5) is 11.4 Å². The van der Waals surface area contributed by atoms with Crippen LogP contribution in [0.1, 0.15) is 10.4 Å². The topological polar surface area (TPSA) is 85.3 Å². The largest absolute Gasteiger partial charge is 0.495 e. The minimum Gasteiger partial charge on any atom is -0.495 e. The van der Waals surface area contributed by atoms with Crippen LogP contribution in [0.2, 0.25) is 0 Å². The zero-order chi connectivity index (χ0) is 19.4. The van der Waals surface area contributed by atoms with Crippen LogP contribution in [0.5, 0.6) is 5.75 Å². The zero-order valence-electron chi connectivity index (χ0n) is 15.6. The molecule has 142 valence electrons. The first-order chi connectivity index (χ1) is 13.0. The third-order valence-electron chi connectivity index (χ3n) is 4.75. The molecule has 0 bridgehead atoms. The summed E-state index contributed by atoms with van der Waals surface area (Å²) in [5.41, 5.74) is 2.42.